The molecule has 0 saturated carbocycles. The van der Waals surface area contributed by atoms with Crippen LogP contribution >= 0.6 is 11.6 Å². The summed E-state index contributed by atoms with van der Waals surface area (Å²) in [5.74, 6) is 0.0827. The van der Waals surface area contributed by atoms with Gasteiger partial charge in [-0.1, -0.05) is 24.3 Å². The molecule has 0 aliphatic carbocycles. The van der Waals surface area contributed by atoms with E-state index in [4.69, 9.17) is 30.5 Å². The highest BCUT2D eigenvalue weighted by atomic mass is 35.5. The minimum atomic E-state index is -2.12. The topological polar surface area (TPSA) is 91.4 Å². The molecule has 192 valence electrons. The number of benzene rings is 2. The summed E-state index contributed by atoms with van der Waals surface area (Å²) < 4.78 is 21.0. The molecule has 8 nitrogen and oxygen atoms in total. The first kappa shape index (κ1) is 28.5. The summed E-state index contributed by atoms with van der Waals surface area (Å²) in [5, 5.41) is 0. The summed E-state index contributed by atoms with van der Waals surface area (Å²) in [7, 11) is 9.07. The molecule has 0 aliphatic rings. The molecule has 0 unspecified atom stereocenters. The van der Waals surface area contributed by atoms with Crippen molar-refractivity contribution in [1.29, 1.82) is 0 Å². The lowest BCUT2D eigenvalue weighted by atomic mass is 9.91. The zero-order valence-electron chi connectivity index (χ0n) is 21.2. The third kappa shape index (κ3) is 6.88. The number of amides is 1. The lowest BCUT2D eigenvalue weighted by Crippen LogP contribution is -2.44. The third-order valence-electron chi connectivity index (χ3n) is 5.34. The maximum atomic E-state index is 13.2. The molecule has 0 heterocycles. The average Bonchev–Trinajstić information content (AvgIpc) is 2.89. The largest absolute Gasteiger partial charge is 0.493 e. The molecule has 2 aromatic rings. The van der Waals surface area contributed by atoms with Crippen LogP contribution in [0.1, 0.15) is 17.5 Å². The van der Waals surface area contributed by atoms with Crippen LogP contribution in [-0.4, -0.2) is 69.8 Å². The summed E-state index contributed by atoms with van der Waals surface area (Å²) in [6.07, 6.45) is 4.84. The van der Waals surface area contributed by atoms with Gasteiger partial charge in [-0.15, -0.1) is 11.6 Å². The summed E-state index contributed by atoms with van der Waals surface area (Å²) >= 11 is 6.59. The fraction of sp³-hybridized carbons (Fsp3) is 0.296. The van der Waals surface area contributed by atoms with Crippen LogP contribution in [0.5, 0.6) is 23.0 Å². The Hall–Kier alpha value is -3.78. The van der Waals surface area contributed by atoms with Crippen molar-refractivity contribution in [3.05, 3.63) is 59.7 Å². The maximum Gasteiger partial charge on any atom is 0.224 e. The predicted molar refractivity (Wildman–Crippen MR) is 139 cm³/mol. The summed E-state index contributed by atoms with van der Waals surface area (Å²) in [4.78, 5) is 37.9. The molecule has 0 aromatic heterocycles. The van der Waals surface area contributed by atoms with Crippen molar-refractivity contribution in [3.63, 3.8) is 0 Å². The Bertz CT molecular complexity index is 1090. The number of hydrogen-bond acceptors (Lipinski definition) is 7. The van der Waals surface area contributed by atoms with E-state index in [0.29, 0.717) is 34.1 Å². The van der Waals surface area contributed by atoms with Crippen LogP contribution in [0.4, 0.5) is 0 Å². The van der Waals surface area contributed by atoms with Gasteiger partial charge in [0.1, 0.15) is 0 Å². The number of rotatable bonds is 12. The van der Waals surface area contributed by atoms with Crippen molar-refractivity contribution in [2.75, 3.05) is 42.5 Å². The van der Waals surface area contributed by atoms with Crippen molar-refractivity contribution in [1.82, 2.24) is 4.90 Å². The lowest BCUT2D eigenvalue weighted by Gasteiger charge is -2.23. The second-order valence-corrected chi connectivity index (χ2v) is 8.54. The molecule has 0 spiro atoms. The summed E-state index contributed by atoms with van der Waals surface area (Å²) in [6, 6.07) is 10.1. The van der Waals surface area contributed by atoms with Crippen molar-refractivity contribution >= 4 is 41.2 Å². The van der Waals surface area contributed by atoms with Crippen LogP contribution in [0.3, 0.4) is 0 Å². The minimum Gasteiger partial charge on any atom is -0.493 e. The van der Waals surface area contributed by atoms with E-state index >= 15 is 0 Å². The van der Waals surface area contributed by atoms with E-state index in [1.807, 2.05) is 0 Å². The van der Waals surface area contributed by atoms with Crippen molar-refractivity contribution in [2.45, 2.75) is 11.3 Å². The van der Waals surface area contributed by atoms with Crippen LogP contribution in [0.25, 0.3) is 12.2 Å². The van der Waals surface area contributed by atoms with Crippen molar-refractivity contribution in [3.8, 4) is 23.0 Å². The van der Waals surface area contributed by atoms with Gasteiger partial charge in [0.2, 0.25) is 5.91 Å². The van der Waals surface area contributed by atoms with Gasteiger partial charge in [-0.05, 0) is 47.5 Å². The number of hydrogen-bond donors (Lipinski definition) is 0. The fourth-order valence-corrected chi connectivity index (χ4v) is 3.42. The van der Waals surface area contributed by atoms with Gasteiger partial charge in [-0.2, -0.15) is 0 Å². The van der Waals surface area contributed by atoms with Gasteiger partial charge in [0.15, 0.2) is 39.4 Å². The summed E-state index contributed by atoms with van der Waals surface area (Å²) in [5.41, 5.74) is 1.24. The van der Waals surface area contributed by atoms with E-state index in [0.717, 1.165) is 0 Å². The molecule has 0 N–H and O–H groups in total. The molecule has 0 fully saturated rings. The average molecular weight is 516 g/mol. The Balaban J connectivity index is 2.37. The Morgan fingerprint density at radius 3 is 1.47 bits per heavy atom. The smallest absolute Gasteiger partial charge is 0.224 e. The molecule has 0 bridgehead atoms. The monoisotopic (exact) mass is 515 g/mol. The van der Waals surface area contributed by atoms with E-state index in [1.165, 1.54) is 71.7 Å². The number of carbonyl (C=O) groups is 3. The normalized spacial score (nSPS) is 11.4. The molecule has 9 heteroatoms. The van der Waals surface area contributed by atoms with Gasteiger partial charge in [0, 0.05) is 14.1 Å². The Labute approximate surface area is 216 Å². The molecular formula is C27H30ClNO7. The molecule has 2 rings (SSSR count). The first-order valence-electron chi connectivity index (χ1n) is 10.9. The highest BCUT2D eigenvalue weighted by Gasteiger charge is 2.43. The van der Waals surface area contributed by atoms with Gasteiger partial charge < -0.3 is 23.8 Å². The quantitative estimate of drug-likeness (QED) is 0.239. The number of allylic oxidation sites excluding steroid dienone is 2. The van der Waals surface area contributed by atoms with Gasteiger partial charge in [-0.3, -0.25) is 14.4 Å². The number of carbonyl (C=O) groups excluding carboxylic acids is 3. The first-order chi connectivity index (χ1) is 17.1. The zero-order chi connectivity index (χ0) is 26.9. The maximum absolute atomic E-state index is 13.2. The molecule has 2 aromatic carbocycles. The van der Waals surface area contributed by atoms with E-state index in [2.05, 4.69) is 0 Å². The van der Waals surface area contributed by atoms with Crippen LogP contribution in [0, 0.1) is 0 Å². The molecule has 0 saturated heterocycles. The number of nitrogens with zero attached hydrogens (tertiary/aromatic N) is 1. The van der Waals surface area contributed by atoms with Crippen LogP contribution in [0.15, 0.2) is 48.6 Å². The predicted octanol–water partition coefficient (Wildman–Crippen LogP) is 4.04. The zero-order valence-corrected chi connectivity index (χ0v) is 21.9. The van der Waals surface area contributed by atoms with Crippen LogP contribution in [0.2, 0.25) is 0 Å². The number of ketones is 2. The molecule has 0 radical (unpaired) electrons. The lowest BCUT2D eigenvalue weighted by molar-refractivity contribution is -0.135. The van der Waals surface area contributed by atoms with Crippen molar-refractivity contribution in [2.24, 2.45) is 0 Å². The van der Waals surface area contributed by atoms with E-state index in [9.17, 15) is 14.4 Å². The summed E-state index contributed by atoms with van der Waals surface area (Å²) in [6.45, 7) is 0. The van der Waals surface area contributed by atoms with Crippen LogP contribution in [-0.2, 0) is 14.4 Å². The highest BCUT2D eigenvalue weighted by molar-refractivity contribution is 6.51. The first-order valence-corrected chi connectivity index (χ1v) is 11.3. The number of alkyl halides is 1. The Kier molecular flexibility index (Phi) is 10.1. The molecular weight excluding hydrogens is 486 g/mol. The van der Waals surface area contributed by atoms with Crippen molar-refractivity contribution < 1.29 is 33.3 Å². The van der Waals surface area contributed by atoms with E-state index < -0.39 is 28.8 Å². The number of halogens is 1. The second-order valence-electron chi connectivity index (χ2n) is 7.89. The molecule has 0 aliphatic heterocycles. The van der Waals surface area contributed by atoms with Gasteiger partial charge in [0.05, 0.1) is 34.9 Å². The molecule has 1 amide bonds. The highest BCUT2D eigenvalue weighted by Crippen LogP contribution is 2.31. The van der Waals surface area contributed by atoms with E-state index in [1.54, 1.807) is 36.4 Å². The third-order valence-corrected chi connectivity index (χ3v) is 5.85. The SMILES string of the molecule is COc1ccc(/C=C/C(=O)C(Cl)(CC(=O)N(C)C)C(=O)/C=C/c2ccc(OC)c(OC)c2)cc1OC. The Morgan fingerprint density at radius 1 is 0.750 bits per heavy atom. The Morgan fingerprint density at radius 2 is 1.14 bits per heavy atom. The van der Waals surface area contributed by atoms with Gasteiger partial charge >= 0.3 is 0 Å². The molecule has 36 heavy (non-hydrogen) atoms. The van der Waals surface area contributed by atoms with Gasteiger partial charge in [0.25, 0.3) is 0 Å². The standard InChI is InChI=1S/C27H30ClNO7/c1-29(2)26(32)17-27(28,24(30)13-9-18-7-11-20(33-3)22(15-18)35-5)25(31)14-10-19-8-12-21(34-4)23(16-19)36-6/h7-16H,17H2,1-6H3/b13-9+,14-10+. The number of methoxy groups -OCH3 is 4. The van der Waals surface area contributed by atoms with Gasteiger partial charge in [-0.25, -0.2) is 0 Å². The van der Waals surface area contributed by atoms with Crippen LogP contribution < -0.4 is 18.9 Å². The second kappa shape index (κ2) is 12.8. The number of ether oxygens (including phenoxy) is 4. The fourth-order valence-electron chi connectivity index (χ4n) is 3.18. The molecule has 0 atom stereocenters. The van der Waals surface area contributed by atoms with E-state index in [-0.39, 0.29) is 0 Å². The minimum absolute atomic E-state index is 0.467.